The minimum Gasteiger partial charge on any atom is -0.481 e. The normalized spacial score (nSPS) is 15.0. The highest BCUT2D eigenvalue weighted by atomic mass is 127. The fourth-order valence-electron chi connectivity index (χ4n) is 2.51. The molecule has 0 saturated carbocycles. The third kappa shape index (κ3) is 4.50. The maximum Gasteiger partial charge on any atom is 0.428 e. The Kier molecular flexibility index (Phi) is 6.43. The van der Waals surface area contributed by atoms with Crippen LogP contribution in [0.1, 0.15) is 23.1 Å². The number of aryl methyl sites for hydroxylation is 1. The summed E-state index contributed by atoms with van der Waals surface area (Å²) in [6.45, 7) is 0. The summed E-state index contributed by atoms with van der Waals surface area (Å²) in [5, 5.41) is 8.89. The Hall–Kier alpha value is -0.890. The van der Waals surface area contributed by atoms with Gasteiger partial charge in [0, 0.05) is 19.1 Å². The topological polar surface area (TPSA) is 66.8 Å². The SMILES string of the molecule is O=C(O)CCc1ccc2c(c1)/C(=C/c1ccc(I)c(I)c1)OC(=O)N2I. The maximum absolute atomic E-state index is 12.2. The van der Waals surface area contributed by atoms with Gasteiger partial charge in [0.25, 0.3) is 0 Å². The molecule has 0 aromatic heterocycles. The highest BCUT2D eigenvalue weighted by Crippen LogP contribution is 2.38. The number of carboxylic acid groups (broad SMARTS) is 1. The third-order valence-electron chi connectivity index (χ3n) is 3.76. The minimum absolute atomic E-state index is 0.0564. The molecule has 8 heteroatoms. The van der Waals surface area contributed by atoms with Crippen LogP contribution in [0.4, 0.5) is 10.5 Å². The van der Waals surface area contributed by atoms with Crippen LogP contribution >= 0.6 is 68.0 Å². The van der Waals surface area contributed by atoms with Crippen molar-refractivity contribution in [2.75, 3.05) is 3.11 Å². The number of cyclic esters (lactones) is 1. The zero-order valence-electron chi connectivity index (χ0n) is 13.2. The number of halogens is 3. The van der Waals surface area contributed by atoms with Crippen LogP contribution in [-0.4, -0.2) is 17.2 Å². The first-order valence-corrected chi connectivity index (χ1v) is 10.7. The van der Waals surface area contributed by atoms with E-state index >= 15 is 0 Å². The van der Waals surface area contributed by atoms with E-state index in [0.717, 1.165) is 29.5 Å². The molecule has 2 aromatic rings. The van der Waals surface area contributed by atoms with Crippen LogP contribution in [0.2, 0.25) is 0 Å². The number of rotatable bonds is 4. The van der Waals surface area contributed by atoms with E-state index in [2.05, 4.69) is 45.2 Å². The van der Waals surface area contributed by atoms with E-state index in [1.165, 1.54) is 3.11 Å². The van der Waals surface area contributed by atoms with Gasteiger partial charge in [-0.2, -0.15) is 0 Å². The predicted molar refractivity (Wildman–Crippen MR) is 125 cm³/mol. The third-order valence-corrected chi connectivity index (χ3v) is 7.54. The Morgan fingerprint density at radius 1 is 1.15 bits per heavy atom. The molecule has 0 radical (unpaired) electrons. The Morgan fingerprint density at radius 3 is 2.62 bits per heavy atom. The average Bonchev–Trinajstić information content (AvgIpc) is 2.60. The second kappa shape index (κ2) is 8.42. The number of anilines is 1. The van der Waals surface area contributed by atoms with Gasteiger partial charge >= 0.3 is 12.1 Å². The van der Waals surface area contributed by atoms with Gasteiger partial charge in [-0.05, 0) is 93.1 Å². The molecular weight excluding hydrogens is 675 g/mol. The molecule has 0 bridgehead atoms. The molecule has 0 aliphatic carbocycles. The zero-order valence-corrected chi connectivity index (χ0v) is 19.7. The quantitative estimate of drug-likeness (QED) is 0.331. The van der Waals surface area contributed by atoms with E-state index in [1.54, 1.807) is 0 Å². The number of ether oxygens (including phenoxy) is 1. The van der Waals surface area contributed by atoms with Crippen molar-refractivity contribution in [3.63, 3.8) is 0 Å². The second-order valence-corrected chi connectivity index (χ2v) is 8.87. The summed E-state index contributed by atoms with van der Waals surface area (Å²) < 4.78 is 9.19. The number of hydrogen-bond acceptors (Lipinski definition) is 3. The zero-order chi connectivity index (χ0) is 18.8. The van der Waals surface area contributed by atoms with Gasteiger partial charge in [0.2, 0.25) is 0 Å². The van der Waals surface area contributed by atoms with E-state index in [1.807, 2.05) is 65.3 Å². The van der Waals surface area contributed by atoms with Crippen molar-refractivity contribution in [3.8, 4) is 0 Å². The molecule has 2 aromatic carbocycles. The van der Waals surface area contributed by atoms with Crippen molar-refractivity contribution in [1.29, 1.82) is 0 Å². The summed E-state index contributed by atoms with van der Waals surface area (Å²) in [4.78, 5) is 23.0. The fraction of sp³-hybridized carbons (Fsp3) is 0.111. The van der Waals surface area contributed by atoms with Crippen molar-refractivity contribution in [3.05, 3.63) is 60.2 Å². The monoisotopic (exact) mass is 687 g/mol. The molecule has 134 valence electrons. The van der Waals surface area contributed by atoms with Crippen molar-refractivity contribution >= 4 is 97.6 Å². The first-order valence-electron chi connectivity index (χ1n) is 7.54. The Bertz CT molecular complexity index is 927. The van der Waals surface area contributed by atoms with E-state index in [0.29, 0.717) is 12.2 Å². The lowest BCUT2D eigenvalue weighted by atomic mass is 10.0. The van der Waals surface area contributed by atoms with E-state index in [-0.39, 0.29) is 6.42 Å². The lowest BCUT2D eigenvalue weighted by Crippen LogP contribution is -2.26. The molecule has 0 fully saturated rings. The summed E-state index contributed by atoms with van der Waals surface area (Å²) in [5.74, 6) is -0.374. The van der Waals surface area contributed by atoms with Crippen molar-refractivity contribution in [2.45, 2.75) is 12.8 Å². The van der Waals surface area contributed by atoms with Crippen LogP contribution in [0.25, 0.3) is 11.8 Å². The molecule has 1 heterocycles. The number of carbonyl (C=O) groups excluding carboxylic acids is 1. The number of carboxylic acids is 1. The molecule has 0 saturated heterocycles. The van der Waals surface area contributed by atoms with Crippen molar-refractivity contribution in [1.82, 2.24) is 0 Å². The Morgan fingerprint density at radius 2 is 1.92 bits per heavy atom. The van der Waals surface area contributed by atoms with Gasteiger partial charge < -0.3 is 9.84 Å². The lowest BCUT2D eigenvalue weighted by molar-refractivity contribution is -0.136. The van der Waals surface area contributed by atoms with Crippen molar-refractivity contribution in [2.24, 2.45) is 0 Å². The molecule has 1 N–H and O–H groups in total. The number of amides is 1. The minimum atomic E-state index is -0.839. The van der Waals surface area contributed by atoms with Gasteiger partial charge in [0.15, 0.2) is 0 Å². The summed E-state index contributed by atoms with van der Waals surface area (Å²) in [6, 6.07) is 11.6. The van der Waals surface area contributed by atoms with Gasteiger partial charge in [-0.1, -0.05) is 12.1 Å². The first-order chi connectivity index (χ1) is 12.3. The predicted octanol–water partition coefficient (Wildman–Crippen LogP) is 5.72. The molecule has 1 aliphatic rings. The van der Waals surface area contributed by atoms with Gasteiger partial charge in [-0.15, -0.1) is 0 Å². The number of aliphatic carboxylic acids is 1. The smallest absolute Gasteiger partial charge is 0.428 e. The fourth-order valence-corrected chi connectivity index (χ4v) is 3.90. The highest BCUT2D eigenvalue weighted by molar-refractivity contribution is 14.1. The lowest BCUT2D eigenvalue weighted by Gasteiger charge is -2.26. The number of hydrogen-bond donors (Lipinski definition) is 1. The van der Waals surface area contributed by atoms with Crippen LogP contribution < -0.4 is 3.11 Å². The van der Waals surface area contributed by atoms with Gasteiger partial charge in [-0.25, -0.2) is 7.91 Å². The molecule has 26 heavy (non-hydrogen) atoms. The molecular formula is C18H12I3NO4. The number of carbonyl (C=O) groups is 2. The van der Waals surface area contributed by atoms with Gasteiger partial charge in [-0.3, -0.25) is 4.79 Å². The van der Waals surface area contributed by atoms with E-state index in [4.69, 9.17) is 9.84 Å². The second-order valence-electron chi connectivity index (χ2n) is 5.58. The van der Waals surface area contributed by atoms with E-state index in [9.17, 15) is 9.59 Å². The van der Waals surface area contributed by atoms with Crippen LogP contribution in [0.15, 0.2) is 36.4 Å². The molecule has 5 nitrogen and oxygen atoms in total. The van der Waals surface area contributed by atoms with Gasteiger partial charge in [0.1, 0.15) is 5.76 Å². The average molecular weight is 687 g/mol. The molecule has 0 unspecified atom stereocenters. The molecule has 1 amide bonds. The highest BCUT2D eigenvalue weighted by Gasteiger charge is 2.28. The summed E-state index contributed by atoms with van der Waals surface area (Å²) in [5.41, 5.74) is 3.32. The summed E-state index contributed by atoms with van der Waals surface area (Å²) in [7, 11) is 0. The number of fused-ring (bicyclic) bond motifs is 1. The van der Waals surface area contributed by atoms with Crippen LogP contribution in [0.5, 0.6) is 0 Å². The summed E-state index contributed by atoms with van der Waals surface area (Å²) >= 11 is 6.44. The maximum atomic E-state index is 12.2. The van der Waals surface area contributed by atoms with Crippen LogP contribution in [-0.2, 0) is 16.0 Å². The van der Waals surface area contributed by atoms with Gasteiger partial charge in [0.05, 0.1) is 28.6 Å². The van der Waals surface area contributed by atoms with Crippen molar-refractivity contribution < 1.29 is 19.4 Å². The number of nitrogens with zero attached hydrogens (tertiary/aromatic N) is 1. The van der Waals surface area contributed by atoms with E-state index < -0.39 is 12.1 Å². The summed E-state index contributed by atoms with van der Waals surface area (Å²) in [6.07, 6.45) is 1.86. The molecule has 0 spiro atoms. The number of benzene rings is 2. The molecule has 0 atom stereocenters. The standard InChI is InChI=1S/C18H12I3NO4/c19-13-4-1-11(8-14(13)20)9-16-12-7-10(3-6-17(23)24)2-5-15(12)22(21)18(25)26-16/h1-2,4-5,7-9H,3,6H2,(H,23,24)/b16-9-. The Balaban J connectivity index is 2.04. The van der Waals surface area contributed by atoms with Crippen LogP contribution in [0, 0.1) is 7.14 Å². The Labute approximate surface area is 191 Å². The largest absolute Gasteiger partial charge is 0.481 e. The van der Waals surface area contributed by atoms with Crippen LogP contribution in [0.3, 0.4) is 0 Å². The molecule has 3 rings (SSSR count). The first kappa shape index (κ1) is 19.9. The molecule has 1 aliphatic heterocycles.